The molecule has 0 saturated carbocycles. The summed E-state index contributed by atoms with van der Waals surface area (Å²) in [5, 5.41) is 1.67. The molecule has 0 saturated heterocycles. The van der Waals surface area contributed by atoms with Crippen molar-refractivity contribution in [1.29, 1.82) is 0 Å². The lowest BCUT2D eigenvalue weighted by Crippen LogP contribution is -2.05. The molecule has 92 valence electrons. The maximum absolute atomic E-state index is 11.1. The van der Waals surface area contributed by atoms with Gasteiger partial charge in [0.15, 0.2) is 0 Å². The summed E-state index contributed by atoms with van der Waals surface area (Å²) in [6.07, 6.45) is 1.51. The second-order valence-corrected chi connectivity index (χ2v) is 4.93. The van der Waals surface area contributed by atoms with Crippen LogP contribution in [0.5, 0.6) is 0 Å². The molecule has 1 aromatic carbocycles. The van der Waals surface area contributed by atoms with Gasteiger partial charge in [0.25, 0.3) is 0 Å². The highest BCUT2D eigenvalue weighted by atomic mass is 35.5. The van der Waals surface area contributed by atoms with Gasteiger partial charge >= 0.3 is 5.97 Å². The van der Waals surface area contributed by atoms with Gasteiger partial charge in [0.2, 0.25) is 0 Å². The highest BCUT2D eigenvalue weighted by Crippen LogP contribution is 2.35. The summed E-state index contributed by atoms with van der Waals surface area (Å²) in [4.78, 5) is 15.7. The fourth-order valence-corrected chi connectivity index (χ4v) is 2.61. The third-order valence-corrected chi connectivity index (χ3v) is 3.42. The molecule has 0 N–H and O–H groups in total. The Hall–Kier alpha value is -1.61. The summed E-state index contributed by atoms with van der Waals surface area (Å²) >= 11 is 5.98. The van der Waals surface area contributed by atoms with Crippen LogP contribution in [0.25, 0.3) is 10.9 Å². The number of carbonyl (C=O) groups excluding carboxylic acids is 1. The van der Waals surface area contributed by atoms with E-state index in [1.165, 1.54) is 6.92 Å². The summed E-state index contributed by atoms with van der Waals surface area (Å²) in [5.74, 6) is -0.251. The van der Waals surface area contributed by atoms with Crippen LogP contribution in [0.3, 0.4) is 0 Å². The van der Waals surface area contributed by atoms with Gasteiger partial charge in [-0.2, -0.15) is 0 Å². The average molecular weight is 262 g/mol. The number of esters is 1. The van der Waals surface area contributed by atoms with Gasteiger partial charge in [-0.15, -0.1) is 0 Å². The number of fused-ring (bicyclic) bond motifs is 2. The molecular weight excluding hydrogens is 250 g/mol. The van der Waals surface area contributed by atoms with E-state index in [1.54, 1.807) is 0 Å². The summed E-state index contributed by atoms with van der Waals surface area (Å²) in [5.41, 5.74) is 2.97. The number of carbonyl (C=O) groups is 1. The third kappa shape index (κ3) is 1.95. The molecule has 3 rings (SSSR count). The fraction of sp³-hybridized carbons (Fsp3) is 0.286. The molecule has 2 aromatic rings. The first-order valence-corrected chi connectivity index (χ1v) is 6.27. The van der Waals surface area contributed by atoms with Crippen molar-refractivity contribution in [2.75, 3.05) is 0 Å². The number of nitrogens with zero attached hydrogens (tertiary/aromatic N) is 1. The molecule has 1 aliphatic carbocycles. The zero-order valence-electron chi connectivity index (χ0n) is 9.94. The smallest absolute Gasteiger partial charge is 0.303 e. The molecule has 1 heterocycles. The molecule has 0 radical (unpaired) electrons. The lowest BCUT2D eigenvalue weighted by molar-refractivity contribution is -0.146. The monoisotopic (exact) mass is 261 g/mol. The van der Waals surface area contributed by atoms with E-state index < -0.39 is 0 Å². The van der Waals surface area contributed by atoms with E-state index in [-0.39, 0.29) is 12.1 Å². The maximum atomic E-state index is 11.1. The molecule has 1 aliphatic rings. The van der Waals surface area contributed by atoms with Crippen molar-refractivity contribution in [3.63, 3.8) is 0 Å². The van der Waals surface area contributed by atoms with Crippen molar-refractivity contribution >= 4 is 28.5 Å². The van der Waals surface area contributed by atoms with Crippen LogP contribution < -0.4 is 0 Å². The van der Waals surface area contributed by atoms with Crippen molar-refractivity contribution in [2.45, 2.75) is 25.9 Å². The number of hydrogen-bond donors (Lipinski definition) is 0. The van der Waals surface area contributed by atoms with E-state index in [0.717, 1.165) is 35.0 Å². The van der Waals surface area contributed by atoms with E-state index in [2.05, 4.69) is 4.98 Å². The fourth-order valence-electron chi connectivity index (χ4n) is 2.43. The lowest BCUT2D eigenvalue weighted by Gasteiger charge is -2.12. The third-order valence-electron chi connectivity index (χ3n) is 3.19. The number of aromatic nitrogens is 1. The van der Waals surface area contributed by atoms with Crippen LogP contribution in [0.2, 0.25) is 5.02 Å². The predicted molar refractivity (Wildman–Crippen MR) is 69.6 cm³/mol. The minimum atomic E-state index is -0.251. The number of ether oxygens (including phenoxy) is 1. The van der Waals surface area contributed by atoms with Crippen LogP contribution >= 0.6 is 11.6 Å². The molecule has 1 atom stereocenters. The van der Waals surface area contributed by atoms with Crippen LogP contribution in [0, 0.1) is 0 Å². The average Bonchev–Trinajstić information content (AvgIpc) is 2.68. The first-order valence-electron chi connectivity index (χ1n) is 5.90. The summed E-state index contributed by atoms with van der Waals surface area (Å²) in [6.45, 7) is 1.43. The minimum Gasteiger partial charge on any atom is -0.458 e. The molecule has 0 fully saturated rings. The summed E-state index contributed by atoms with van der Waals surface area (Å²) < 4.78 is 5.30. The Bertz CT molecular complexity index is 639. The Labute approximate surface area is 110 Å². The second-order valence-electron chi connectivity index (χ2n) is 4.50. The zero-order valence-corrected chi connectivity index (χ0v) is 10.7. The lowest BCUT2D eigenvalue weighted by atomic mass is 10.1. The van der Waals surface area contributed by atoms with Crippen molar-refractivity contribution in [1.82, 2.24) is 4.98 Å². The van der Waals surface area contributed by atoms with Crippen LogP contribution in [-0.4, -0.2) is 11.0 Å². The van der Waals surface area contributed by atoms with Gasteiger partial charge in [0, 0.05) is 28.6 Å². The van der Waals surface area contributed by atoms with Crippen LogP contribution in [0.1, 0.15) is 30.7 Å². The molecule has 18 heavy (non-hydrogen) atoms. The SMILES string of the molecule is CC(=O)OC1CCc2nc3ccc(Cl)cc3cc21. The topological polar surface area (TPSA) is 39.2 Å². The zero-order chi connectivity index (χ0) is 12.7. The van der Waals surface area contributed by atoms with E-state index in [4.69, 9.17) is 16.3 Å². The van der Waals surface area contributed by atoms with Crippen molar-refractivity contribution in [2.24, 2.45) is 0 Å². The number of rotatable bonds is 1. The van der Waals surface area contributed by atoms with Crippen molar-refractivity contribution in [3.8, 4) is 0 Å². The Morgan fingerprint density at radius 1 is 1.44 bits per heavy atom. The second kappa shape index (κ2) is 4.25. The Morgan fingerprint density at radius 3 is 3.06 bits per heavy atom. The highest BCUT2D eigenvalue weighted by molar-refractivity contribution is 6.31. The quantitative estimate of drug-likeness (QED) is 0.738. The molecule has 0 amide bonds. The Balaban J connectivity index is 2.10. The molecule has 4 heteroatoms. The molecule has 3 nitrogen and oxygen atoms in total. The van der Waals surface area contributed by atoms with E-state index in [9.17, 15) is 4.79 Å². The predicted octanol–water partition coefficient (Wildman–Crippen LogP) is 3.44. The molecule has 0 aliphatic heterocycles. The molecule has 1 unspecified atom stereocenters. The van der Waals surface area contributed by atoms with Crippen LogP contribution in [0.15, 0.2) is 24.3 Å². The first kappa shape index (κ1) is 11.5. The van der Waals surface area contributed by atoms with E-state index >= 15 is 0 Å². The standard InChI is InChI=1S/C14H12ClNO2/c1-8(17)18-14-5-4-13-11(14)7-9-6-10(15)2-3-12(9)16-13/h2-3,6-7,14H,4-5H2,1H3. The molecule has 1 aromatic heterocycles. The van der Waals surface area contributed by atoms with Gasteiger partial charge in [-0.3, -0.25) is 9.78 Å². The Kier molecular flexibility index (Phi) is 2.71. The molecule has 0 spiro atoms. The Morgan fingerprint density at radius 2 is 2.28 bits per heavy atom. The van der Waals surface area contributed by atoms with Gasteiger partial charge in [-0.05, 0) is 37.1 Å². The number of halogens is 1. The van der Waals surface area contributed by atoms with E-state index in [1.807, 2.05) is 24.3 Å². The van der Waals surface area contributed by atoms with Gasteiger partial charge < -0.3 is 4.74 Å². The largest absolute Gasteiger partial charge is 0.458 e. The van der Waals surface area contributed by atoms with Gasteiger partial charge in [0.05, 0.1) is 5.52 Å². The normalized spacial score (nSPS) is 17.8. The number of benzene rings is 1. The summed E-state index contributed by atoms with van der Waals surface area (Å²) in [6, 6.07) is 7.66. The van der Waals surface area contributed by atoms with Gasteiger partial charge in [-0.1, -0.05) is 11.6 Å². The number of pyridine rings is 1. The van der Waals surface area contributed by atoms with Gasteiger partial charge in [-0.25, -0.2) is 0 Å². The minimum absolute atomic E-state index is 0.159. The first-order chi connectivity index (χ1) is 8.63. The van der Waals surface area contributed by atoms with Crippen LogP contribution in [0.4, 0.5) is 0 Å². The van der Waals surface area contributed by atoms with Gasteiger partial charge in [0.1, 0.15) is 6.10 Å². The summed E-state index contributed by atoms with van der Waals surface area (Å²) in [7, 11) is 0. The number of hydrogen-bond acceptors (Lipinski definition) is 3. The van der Waals surface area contributed by atoms with Crippen LogP contribution in [-0.2, 0) is 16.0 Å². The maximum Gasteiger partial charge on any atom is 0.303 e. The molecular formula is C14H12ClNO2. The van der Waals surface area contributed by atoms with E-state index in [0.29, 0.717) is 5.02 Å². The molecule has 0 bridgehead atoms. The van der Waals surface area contributed by atoms with Crippen molar-refractivity contribution < 1.29 is 9.53 Å². The number of aryl methyl sites for hydroxylation is 1. The van der Waals surface area contributed by atoms with Crippen molar-refractivity contribution in [3.05, 3.63) is 40.5 Å². The highest BCUT2D eigenvalue weighted by Gasteiger charge is 2.26.